The lowest BCUT2D eigenvalue weighted by molar-refractivity contribution is 0.315. The molecule has 3 rings (SSSR count). The number of hydrogen-bond acceptors (Lipinski definition) is 3. The number of methoxy groups -OCH3 is 2. The van der Waals surface area contributed by atoms with Crippen molar-refractivity contribution in [2.24, 2.45) is 0 Å². The smallest absolute Gasteiger partial charge is 0.130 e. The lowest BCUT2D eigenvalue weighted by Crippen LogP contribution is -2.09. The van der Waals surface area contributed by atoms with E-state index in [9.17, 15) is 0 Å². The van der Waals surface area contributed by atoms with Gasteiger partial charge < -0.3 is 14.2 Å². The predicted molar refractivity (Wildman–Crippen MR) is 101 cm³/mol. The van der Waals surface area contributed by atoms with Gasteiger partial charge in [0, 0.05) is 10.9 Å². The van der Waals surface area contributed by atoms with Crippen LogP contribution in [0.15, 0.2) is 36.4 Å². The molecule has 0 amide bonds. The Kier molecular flexibility index (Phi) is 5.30. The van der Waals surface area contributed by atoms with Gasteiger partial charge in [-0.1, -0.05) is 31.5 Å². The molecule has 0 bridgehead atoms. The molecule has 2 atom stereocenters. The molecule has 0 radical (unpaired) electrons. The monoisotopic (exact) mass is 344 g/mol. The van der Waals surface area contributed by atoms with E-state index in [1.807, 2.05) is 18.2 Å². The molecule has 0 aliphatic carbocycles. The fourth-order valence-electron chi connectivity index (χ4n) is 3.28. The van der Waals surface area contributed by atoms with E-state index in [1.54, 1.807) is 14.2 Å². The van der Waals surface area contributed by atoms with Crippen molar-refractivity contribution in [3.05, 3.63) is 36.4 Å². The van der Waals surface area contributed by atoms with Crippen LogP contribution in [0.3, 0.4) is 0 Å². The topological polar surface area (TPSA) is 27.7 Å². The fourth-order valence-corrected chi connectivity index (χ4v) is 6.04. The van der Waals surface area contributed by atoms with Gasteiger partial charge in [-0.3, -0.25) is 0 Å². The van der Waals surface area contributed by atoms with Crippen LogP contribution in [-0.4, -0.2) is 26.2 Å². The van der Waals surface area contributed by atoms with Gasteiger partial charge in [-0.25, -0.2) is 0 Å². The molecule has 2 unspecified atom stereocenters. The number of hydrogen-bond donors (Lipinski definition) is 0. The van der Waals surface area contributed by atoms with Gasteiger partial charge in [-0.15, -0.1) is 0 Å². The summed E-state index contributed by atoms with van der Waals surface area (Å²) in [4.78, 5) is 0. The maximum Gasteiger partial charge on any atom is 0.130 e. The molecule has 0 spiro atoms. The molecule has 0 aromatic heterocycles. The lowest BCUT2D eigenvalue weighted by atomic mass is 10.0. The van der Waals surface area contributed by atoms with Crippen LogP contribution in [0.1, 0.15) is 26.7 Å². The molecule has 1 heterocycles. The standard InChI is InChI=1S/C20H25O3P/c1-5-6-13-24-14(2)23-18-12-7-9-15(20(18)24)19-16(21-3)10-8-11-17(19)22-4/h7-12,14H,5-6,13H2,1-4H3. The number of benzene rings is 2. The van der Waals surface area contributed by atoms with E-state index in [1.165, 1.54) is 29.9 Å². The summed E-state index contributed by atoms with van der Waals surface area (Å²) in [6, 6.07) is 12.3. The number of ether oxygens (including phenoxy) is 3. The van der Waals surface area contributed by atoms with Crippen molar-refractivity contribution in [1.29, 1.82) is 0 Å². The van der Waals surface area contributed by atoms with Crippen molar-refractivity contribution in [2.75, 3.05) is 20.4 Å². The first-order valence-corrected chi connectivity index (χ1v) is 10.1. The third-order valence-electron chi connectivity index (χ3n) is 4.47. The fraction of sp³-hybridized carbons (Fsp3) is 0.400. The Bertz CT molecular complexity index is 692. The molecule has 0 saturated carbocycles. The highest BCUT2D eigenvalue weighted by atomic mass is 31.1. The highest BCUT2D eigenvalue weighted by molar-refractivity contribution is 7.67. The molecule has 1 aliphatic heterocycles. The second-order valence-corrected chi connectivity index (χ2v) is 8.52. The molecule has 128 valence electrons. The average Bonchev–Trinajstić information content (AvgIpc) is 2.94. The summed E-state index contributed by atoms with van der Waals surface area (Å²) in [5.74, 6) is 2.97. The van der Waals surface area contributed by atoms with Crippen LogP contribution < -0.4 is 19.5 Å². The lowest BCUT2D eigenvalue weighted by Gasteiger charge is -2.19. The maximum absolute atomic E-state index is 6.17. The van der Waals surface area contributed by atoms with E-state index in [4.69, 9.17) is 14.2 Å². The third kappa shape index (κ3) is 2.98. The normalized spacial score (nSPS) is 18.8. The van der Waals surface area contributed by atoms with Crippen LogP contribution in [0, 0.1) is 0 Å². The van der Waals surface area contributed by atoms with Crippen LogP contribution in [0.4, 0.5) is 0 Å². The average molecular weight is 344 g/mol. The largest absolute Gasteiger partial charge is 0.496 e. The first kappa shape index (κ1) is 17.1. The SMILES string of the molecule is CCCCP1c2c(cccc2-c2c(OC)cccc2OC)OC1C. The molecular formula is C20H25O3P. The predicted octanol–water partition coefficient (Wildman–Crippen LogP) is 5.02. The van der Waals surface area contributed by atoms with Gasteiger partial charge in [0.2, 0.25) is 0 Å². The van der Waals surface area contributed by atoms with Gasteiger partial charge in [0.25, 0.3) is 0 Å². The second-order valence-electron chi connectivity index (χ2n) is 5.95. The molecule has 2 aromatic rings. The summed E-state index contributed by atoms with van der Waals surface area (Å²) >= 11 is 0. The van der Waals surface area contributed by atoms with Crippen molar-refractivity contribution in [2.45, 2.75) is 32.5 Å². The van der Waals surface area contributed by atoms with E-state index in [-0.39, 0.29) is 13.8 Å². The van der Waals surface area contributed by atoms with Crippen molar-refractivity contribution in [3.63, 3.8) is 0 Å². The van der Waals surface area contributed by atoms with Crippen molar-refractivity contribution >= 4 is 13.2 Å². The first-order chi connectivity index (χ1) is 11.7. The molecule has 24 heavy (non-hydrogen) atoms. The van der Waals surface area contributed by atoms with E-state index in [0.717, 1.165) is 22.8 Å². The highest BCUT2D eigenvalue weighted by Crippen LogP contribution is 2.53. The Morgan fingerprint density at radius 3 is 2.33 bits per heavy atom. The Hall–Kier alpha value is -1.73. The van der Waals surface area contributed by atoms with Gasteiger partial charge >= 0.3 is 0 Å². The van der Waals surface area contributed by atoms with Crippen LogP contribution in [0.25, 0.3) is 11.1 Å². The zero-order chi connectivity index (χ0) is 17.1. The van der Waals surface area contributed by atoms with Crippen LogP contribution >= 0.6 is 7.92 Å². The van der Waals surface area contributed by atoms with Crippen molar-refractivity contribution in [3.8, 4) is 28.4 Å². The van der Waals surface area contributed by atoms with E-state index in [0.29, 0.717) is 0 Å². The zero-order valence-electron chi connectivity index (χ0n) is 14.8. The van der Waals surface area contributed by atoms with E-state index < -0.39 is 0 Å². The number of unbranched alkanes of at least 4 members (excludes halogenated alkanes) is 1. The third-order valence-corrected chi connectivity index (χ3v) is 7.29. The minimum Gasteiger partial charge on any atom is -0.496 e. The summed E-state index contributed by atoms with van der Waals surface area (Å²) in [5, 5.41) is 1.36. The molecular weight excluding hydrogens is 319 g/mol. The van der Waals surface area contributed by atoms with Gasteiger partial charge in [-0.2, -0.15) is 0 Å². The van der Waals surface area contributed by atoms with Gasteiger partial charge in [0.15, 0.2) is 0 Å². The van der Waals surface area contributed by atoms with Crippen molar-refractivity contribution in [1.82, 2.24) is 0 Å². The molecule has 0 fully saturated rings. The second kappa shape index (κ2) is 7.44. The minimum absolute atomic E-state index is 0.267. The quantitative estimate of drug-likeness (QED) is 0.689. The summed E-state index contributed by atoms with van der Waals surface area (Å²) in [5.41, 5.74) is 2.22. The van der Waals surface area contributed by atoms with Crippen molar-refractivity contribution < 1.29 is 14.2 Å². The Balaban J connectivity index is 2.17. The summed E-state index contributed by atoms with van der Waals surface area (Å²) in [6.07, 6.45) is 3.64. The Morgan fingerprint density at radius 2 is 1.71 bits per heavy atom. The van der Waals surface area contributed by atoms with Crippen LogP contribution in [-0.2, 0) is 0 Å². The number of fused-ring (bicyclic) bond motifs is 1. The minimum atomic E-state index is -0.341. The Morgan fingerprint density at radius 1 is 1.04 bits per heavy atom. The maximum atomic E-state index is 6.17. The summed E-state index contributed by atoms with van der Waals surface area (Å²) < 4.78 is 17.4. The first-order valence-electron chi connectivity index (χ1n) is 8.49. The molecule has 0 N–H and O–H groups in total. The van der Waals surface area contributed by atoms with E-state index >= 15 is 0 Å². The Labute approximate surface area is 145 Å². The molecule has 1 aliphatic rings. The van der Waals surface area contributed by atoms with Crippen LogP contribution in [0.2, 0.25) is 0 Å². The molecule has 4 heteroatoms. The van der Waals surface area contributed by atoms with Gasteiger partial charge in [-0.05, 0) is 45.6 Å². The van der Waals surface area contributed by atoms with Crippen LogP contribution in [0.5, 0.6) is 17.2 Å². The van der Waals surface area contributed by atoms with Gasteiger partial charge in [0.1, 0.15) is 23.1 Å². The summed E-state index contributed by atoms with van der Waals surface area (Å²) in [6.45, 7) is 4.44. The molecule has 0 saturated heterocycles. The number of rotatable bonds is 6. The van der Waals surface area contributed by atoms with E-state index in [2.05, 4.69) is 32.0 Å². The summed E-state index contributed by atoms with van der Waals surface area (Å²) in [7, 11) is 3.08. The highest BCUT2D eigenvalue weighted by Gasteiger charge is 2.34. The molecule has 2 aromatic carbocycles. The molecule has 3 nitrogen and oxygen atoms in total. The zero-order valence-corrected chi connectivity index (χ0v) is 15.7. The van der Waals surface area contributed by atoms with Gasteiger partial charge in [0.05, 0.1) is 19.8 Å².